The lowest BCUT2D eigenvalue weighted by Gasteiger charge is -2.15. The standard InChI is InChI=1S/C15H21NO3S/c1-4-7-10(2)14(17)16-12-8-5-6-9-13(12)20-11(3)15(18)19/h5-6,8-11H,4,7H2,1-3H3,(H,16,17)(H,18,19). The number of carbonyl (C=O) groups is 2. The second-order valence-corrected chi connectivity index (χ2v) is 6.16. The van der Waals surface area contributed by atoms with Gasteiger partial charge in [0.15, 0.2) is 0 Å². The summed E-state index contributed by atoms with van der Waals surface area (Å²) in [7, 11) is 0. The van der Waals surface area contributed by atoms with E-state index in [1.807, 2.05) is 32.0 Å². The minimum atomic E-state index is -0.865. The Morgan fingerprint density at radius 1 is 1.30 bits per heavy atom. The highest BCUT2D eigenvalue weighted by Gasteiger charge is 2.17. The minimum absolute atomic E-state index is 0.0251. The number of carboxylic acid groups (broad SMARTS) is 1. The molecule has 0 aliphatic heterocycles. The predicted molar refractivity (Wildman–Crippen MR) is 82.1 cm³/mol. The van der Waals surface area contributed by atoms with Crippen molar-refractivity contribution in [1.82, 2.24) is 0 Å². The molecule has 0 saturated heterocycles. The van der Waals surface area contributed by atoms with Crippen LogP contribution in [0.3, 0.4) is 0 Å². The number of carbonyl (C=O) groups excluding carboxylic acids is 1. The van der Waals surface area contributed by atoms with E-state index in [1.54, 1.807) is 13.0 Å². The smallest absolute Gasteiger partial charge is 0.316 e. The molecule has 5 heteroatoms. The number of para-hydroxylation sites is 1. The number of aliphatic carboxylic acids is 1. The summed E-state index contributed by atoms with van der Waals surface area (Å²) in [5, 5.41) is 11.3. The molecule has 0 radical (unpaired) electrons. The van der Waals surface area contributed by atoms with Crippen molar-refractivity contribution >= 4 is 29.3 Å². The number of carboxylic acids is 1. The van der Waals surface area contributed by atoms with Gasteiger partial charge in [0.25, 0.3) is 0 Å². The normalized spacial score (nSPS) is 13.6. The molecule has 2 unspecified atom stereocenters. The average molecular weight is 295 g/mol. The van der Waals surface area contributed by atoms with Gasteiger partial charge in [-0.1, -0.05) is 32.4 Å². The Hall–Kier alpha value is -1.49. The number of hydrogen-bond donors (Lipinski definition) is 2. The van der Waals surface area contributed by atoms with Crippen LogP contribution in [0, 0.1) is 5.92 Å². The topological polar surface area (TPSA) is 66.4 Å². The van der Waals surface area contributed by atoms with Crippen LogP contribution in [0.2, 0.25) is 0 Å². The summed E-state index contributed by atoms with van der Waals surface area (Å²) >= 11 is 1.23. The maximum absolute atomic E-state index is 12.0. The fourth-order valence-electron chi connectivity index (χ4n) is 1.73. The molecule has 0 saturated carbocycles. The highest BCUT2D eigenvalue weighted by molar-refractivity contribution is 8.00. The van der Waals surface area contributed by atoms with Crippen molar-refractivity contribution in [3.05, 3.63) is 24.3 Å². The molecule has 0 aliphatic rings. The van der Waals surface area contributed by atoms with Gasteiger partial charge in [-0.05, 0) is 25.5 Å². The number of amides is 1. The van der Waals surface area contributed by atoms with Crippen LogP contribution in [0.25, 0.3) is 0 Å². The van der Waals surface area contributed by atoms with Gasteiger partial charge in [-0.15, -0.1) is 11.8 Å². The second kappa shape index (κ2) is 7.94. The first-order valence-corrected chi connectivity index (χ1v) is 7.63. The summed E-state index contributed by atoms with van der Waals surface area (Å²) in [6.45, 7) is 5.57. The number of benzene rings is 1. The quantitative estimate of drug-likeness (QED) is 0.754. The van der Waals surface area contributed by atoms with Crippen LogP contribution in [0.1, 0.15) is 33.6 Å². The van der Waals surface area contributed by atoms with E-state index in [4.69, 9.17) is 5.11 Å². The summed E-state index contributed by atoms with van der Waals surface area (Å²) in [5.41, 5.74) is 0.679. The Morgan fingerprint density at radius 2 is 1.95 bits per heavy atom. The highest BCUT2D eigenvalue weighted by Crippen LogP contribution is 2.30. The predicted octanol–water partition coefficient (Wildman–Crippen LogP) is 3.63. The van der Waals surface area contributed by atoms with Crippen LogP contribution in [0.4, 0.5) is 5.69 Å². The molecule has 1 amide bonds. The van der Waals surface area contributed by atoms with Crippen LogP contribution < -0.4 is 5.32 Å². The van der Waals surface area contributed by atoms with E-state index < -0.39 is 11.2 Å². The van der Waals surface area contributed by atoms with Gasteiger partial charge in [0.1, 0.15) is 5.25 Å². The molecule has 110 valence electrons. The zero-order valence-electron chi connectivity index (χ0n) is 12.1. The summed E-state index contributed by atoms with van der Waals surface area (Å²) in [4.78, 5) is 23.7. The van der Waals surface area contributed by atoms with E-state index in [9.17, 15) is 9.59 Å². The van der Waals surface area contributed by atoms with E-state index in [2.05, 4.69) is 5.32 Å². The molecule has 2 atom stereocenters. The average Bonchev–Trinajstić information content (AvgIpc) is 2.40. The van der Waals surface area contributed by atoms with Gasteiger partial charge in [0.05, 0.1) is 5.69 Å². The highest BCUT2D eigenvalue weighted by atomic mass is 32.2. The van der Waals surface area contributed by atoms with E-state index in [1.165, 1.54) is 11.8 Å². The second-order valence-electron chi connectivity index (χ2n) is 4.77. The third kappa shape index (κ3) is 4.89. The maximum atomic E-state index is 12.0. The molecular weight excluding hydrogens is 274 g/mol. The van der Waals surface area contributed by atoms with E-state index in [-0.39, 0.29) is 11.8 Å². The molecule has 1 aromatic carbocycles. The third-order valence-corrected chi connectivity index (χ3v) is 4.13. The number of hydrogen-bond acceptors (Lipinski definition) is 3. The Balaban J connectivity index is 2.80. The molecule has 20 heavy (non-hydrogen) atoms. The Kier molecular flexibility index (Phi) is 6.58. The van der Waals surface area contributed by atoms with Crippen LogP contribution >= 0.6 is 11.8 Å². The lowest BCUT2D eigenvalue weighted by Crippen LogP contribution is -2.21. The van der Waals surface area contributed by atoms with Gasteiger partial charge in [0, 0.05) is 10.8 Å². The van der Waals surface area contributed by atoms with Crippen molar-refractivity contribution in [3.8, 4) is 0 Å². The summed E-state index contributed by atoms with van der Waals surface area (Å²) < 4.78 is 0. The zero-order chi connectivity index (χ0) is 15.1. The molecule has 4 nitrogen and oxygen atoms in total. The van der Waals surface area contributed by atoms with Gasteiger partial charge in [-0.25, -0.2) is 0 Å². The van der Waals surface area contributed by atoms with E-state index >= 15 is 0 Å². The van der Waals surface area contributed by atoms with Crippen molar-refractivity contribution in [3.63, 3.8) is 0 Å². The van der Waals surface area contributed by atoms with Crippen LogP contribution in [0.5, 0.6) is 0 Å². The molecule has 0 bridgehead atoms. The molecule has 2 N–H and O–H groups in total. The molecule has 0 aromatic heterocycles. The largest absolute Gasteiger partial charge is 0.480 e. The van der Waals surface area contributed by atoms with Crippen LogP contribution in [0.15, 0.2) is 29.2 Å². The van der Waals surface area contributed by atoms with Crippen molar-refractivity contribution in [2.75, 3.05) is 5.32 Å². The van der Waals surface area contributed by atoms with E-state index in [0.29, 0.717) is 5.69 Å². The molecule has 0 heterocycles. The zero-order valence-corrected chi connectivity index (χ0v) is 12.9. The number of thioether (sulfide) groups is 1. The summed E-state index contributed by atoms with van der Waals surface area (Å²) in [5.74, 6) is -0.937. The number of nitrogens with one attached hydrogen (secondary N) is 1. The van der Waals surface area contributed by atoms with Gasteiger partial charge in [-0.2, -0.15) is 0 Å². The Morgan fingerprint density at radius 3 is 2.55 bits per heavy atom. The first-order chi connectivity index (χ1) is 9.45. The molecule has 1 aromatic rings. The van der Waals surface area contributed by atoms with Crippen molar-refractivity contribution in [2.24, 2.45) is 5.92 Å². The molecule has 0 aliphatic carbocycles. The van der Waals surface area contributed by atoms with Gasteiger partial charge >= 0.3 is 5.97 Å². The van der Waals surface area contributed by atoms with Crippen LogP contribution in [-0.4, -0.2) is 22.2 Å². The number of anilines is 1. The van der Waals surface area contributed by atoms with Crippen molar-refractivity contribution < 1.29 is 14.7 Å². The third-order valence-electron chi connectivity index (χ3n) is 2.97. The fourth-order valence-corrected chi connectivity index (χ4v) is 2.62. The van der Waals surface area contributed by atoms with E-state index in [0.717, 1.165) is 17.7 Å². The fraction of sp³-hybridized carbons (Fsp3) is 0.467. The SMILES string of the molecule is CCCC(C)C(=O)Nc1ccccc1SC(C)C(=O)O. The molecule has 0 spiro atoms. The monoisotopic (exact) mass is 295 g/mol. The summed E-state index contributed by atoms with van der Waals surface area (Å²) in [6.07, 6.45) is 1.80. The molecule has 1 rings (SSSR count). The minimum Gasteiger partial charge on any atom is -0.480 e. The van der Waals surface area contributed by atoms with Gasteiger partial charge in [-0.3, -0.25) is 9.59 Å². The first kappa shape index (κ1) is 16.6. The Labute approximate surface area is 124 Å². The Bertz CT molecular complexity index is 476. The van der Waals surface area contributed by atoms with Crippen molar-refractivity contribution in [2.45, 2.75) is 43.8 Å². The maximum Gasteiger partial charge on any atom is 0.316 e. The molecular formula is C15H21NO3S. The lowest BCUT2D eigenvalue weighted by molar-refractivity contribution is -0.136. The van der Waals surface area contributed by atoms with Gasteiger partial charge < -0.3 is 10.4 Å². The first-order valence-electron chi connectivity index (χ1n) is 6.75. The number of rotatable bonds is 7. The van der Waals surface area contributed by atoms with Crippen molar-refractivity contribution in [1.29, 1.82) is 0 Å². The lowest BCUT2D eigenvalue weighted by atomic mass is 10.1. The van der Waals surface area contributed by atoms with Crippen LogP contribution in [-0.2, 0) is 9.59 Å². The summed E-state index contributed by atoms with van der Waals surface area (Å²) in [6, 6.07) is 7.29. The van der Waals surface area contributed by atoms with Gasteiger partial charge in [0.2, 0.25) is 5.91 Å². The molecule has 0 fully saturated rings.